The number of carbonyl (C=O) groups is 1. The predicted molar refractivity (Wildman–Crippen MR) is 128 cm³/mol. The van der Waals surface area contributed by atoms with Gasteiger partial charge in [0, 0.05) is 37.1 Å². The zero-order chi connectivity index (χ0) is 22.7. The number of para-hydroxylation sites is 1. The van der Waals surface area contributed by atoms with Gasteiger partial charge in [-0.25, -0.2) is 4.98 Å². The number of aryl methyl sites for hydroxylation is 1. The van der Waals surface area contributed by atoms with Crippen LogP contribution in [0.2, 0.25) is 0 Å². The van der Waals surface area contributed by atoms with Crippen molar-refractivity contribution < 1.29 is 14.3 Å². The van der Waals surface area contributed by atoms with E-state index in [0.29, 0.717) is 31.2 Å². The van der Waals surface area contributed by atoms with Gasteiger partial charge in [-0.2, -0.15) is 0 Å². The molecule has 3 aromatic rings. The van der Waals surface area contributed by atoms with E-state index in [1.807, 2.05) is 41.3 Å². The van der Waals surface area contributed by atoms with Gasteiger partial charge in [-0.15, -0.1) is 0 Å². The van der Waals surface area contributed by atoms with E-state index in [-0.39, 0.29) is 5.91 Å². The van der Waals surface area contributed by atoms with Gasteiger partial charge in [-0.05, 0) is 54.8 Å². The van der Waals surface area contributed by atoms with Crippen LogP contribution in [-0.2, 0) is 0 Å². The highest BCUT2D eigenvalue weighted by atomic mass is 16.5. The lowest BCUT2D eigenvalue weighted by Crippen LogP contribution is -2.49. The van der Waals surface area contributed by atoms with Gasteiger partial charge < -0.3 is 19.3 Å². The number of hydrogen-bond donors (Lipinski definition) is 0. The Morgan fingerprint density at radius 1 is 1.06 bits per heavy atom. The van der Waals surface area contributed by atoms with Crippen LogP contribution in [0.15, 0.2) is 48.5 Å². The molecule has 0 radical (unpaired) electrons. The summed E-state index contributed by atoms with van der Waals surface area (Å²) in [7, 11) is 1.67. The Morgan fingerprint density at radius 3 is 2.44 bits per heavy atom. The molecule has 168 valence electrons. The smallest absolute Gasteiger partial charge is 0.253 e. The molecule has 1 aliphatic heterocycles. The first kappa shape index (κ1) is 21.9. The lowest BCUT2D eigenvalue weighted by molar-refractivity contribution is 0.0746. The summed E-state index contributed by atoms with van der Waals surface area (Å²) in [5, 5.41) is 1.10. The SMILES string of the molecule is COc1cccc2c(C)cc(N3CCN(C(=O)c4ccc(OCC(C)C)cc4)CC3)nc12. The Bertz CT molecular complexity index is 1090. The standard InChI is InChI=1S/C26H31N3O3/c1-18(2)17-32-21-10-8-20(9-11-21)26(30)29-14-12-28(13-15-29)24-16-19(3)22-6-5-7-23(31-4)25(22)27-24/h5-11,16,18H,12-15,17H2,1-4H3. The Kier molecular flexibility index (Phi) is 6.49. The van der Waals surface area contributed by atoms with Gasteiger partial charge in [0.1, 0.15) is 22.8 Å². The fourth-order valence-electron chi connectivity index (χ4n) is 3.98. The molecule has 1 aromatic heterocycles. The summed E-state index contributed by atoms with van der Waals surface area (Å²) < 4.78 is 11.2. The number of aromatic nitrogens is 1. The van der Waals surface area contributed by atoms with Crippen molar-refractivity contribution in [3.05, 3.63) is 59.7 Å². The maximum absolute atomic E-state index is 13.0. The zero-order valence-electron chi connectivity index (χ0n) is 19.3. The van der Waals surface area contributed by atoms with Gasteiger partial charge in [0.2, 0.25) is 0 Å². The lowest BCUT2D eigenvalue weighted by atomic mass is 10.1. The average Bonchev–Trinajstić information content (AvgIpc) is 2.82. The molecule has 32 heavy (non-hydrogen) atoms. The second-order valence-corrected chi connectivity index (χ2v) is 8.66. The monoisotopic (exact) mass is 433 g/mol. The van der Waals surface area contributed by atoms with E-state index in [1.165, 1.54) is 5.56 Å². The highest BCUT2D eigenvalue weighted by Crippen LogP contribution is 2.29. The Hall–Kier alpha value is -3.28. The largest absolute Gasteiger partial charge is 0.494 e. The van der Waals surface area contributed by atoms with E-state index in [0.717, 1.165) is 41.3 Å². The van der Waals surface area contributed by atoms with Gasteiger partial charge in [-0.1, -0.05) is 26.0 Å². The van der Waals surface area contributed by atoms with Crippen molar-refractivity contribution in [3.63, 3.8) is 0 Å². The predicted octanol–water partition coefficient (Wildman–Crippen LogP) is 4.55. The van der Waals surface area contributed by atoms with Gasteiger partial charge in [0.05, 0.1) is 13.7 Å². The molecular formula is C26H31N3O3. The molecule has 0 aliphatic carbocycles. The van der Waals surface area contributed by atoms with E-state index in [2.05, 4.69) is 37.8 Å². The number of rotatable bonds is 6. The van der Waals surface area contributed by atoms with Crippen molar-refractivity contribution in [2.24, 2.45) is 5.92 Å². The van der Waals surface area contributed by atoms with Crippen molar-refractivity contribution >= 4 is 22.6 Å². The molecule has 0 unspecified atom stereocenters. The number of anilines is 1. The van der Waals surface area contributed by atoms with Crippen LogP contribution < -0.4 is 14.4 Å². The number of fused-ring (bicyclic) bond motifs is 1. The fraction of sp³-hybridized carbons (Fsp3) is 0.385. The molecule has 2 aromatic carbocycles. The van der Waals surface area contributed by atoms with Crippen LogP contribution in [-0.4, -0.2) is 55.7 Å². The second kappa shape index (κ2) is 9.47. The van der Waals surface area contributed by atoms with E-state index in [4.69, 9.17) is 14.5 Å². The van der Waals surface area contributed by atoms with Crippen LogP contribution in [0.25, 0.3) is 10.9 Å². The number of piperazine rings is 1. The maximum atomic E-state index is 13.0. The molecule has 6 heteroatoms. The van der Waals surface area contributed by atoms with E-state index >= 15 is 0 Å². The van der Waals surface area contributed by atoms with Gasteiger partial charge in [0.15, 0.2) is 0 Å². The van der Waals surface area contributed by atoms with Crippen molar-refractivity contribution in [2.75, 3.05) is 44.8 Å². The van der Waals surface area contributed by atoms with Gasteiger partial charge >= 0.3 is 0 Å². The third-order valence-electron chi connectivity index (χ3n) is 5.79. The van der Waals surface area contributed by atoms with Gasteiger partial charge in [0.25, 0.3) is 5.91 Å². The molecule has 1 saturated heterocycles. The quantitative estimate of drug-likeness (QED) is 0.571. The number of pyridine rings is 1. The van der Waals surface area contributed by atoms with Crippen molar-refractivity contribution in [2.45, 2.75) is 20.8 Å². The molecule has 1 aliphatic rings. The molecule has 1 fully saturated rings. The summed E-state index contributed by atoms with van der Waals surface area (Å²) in [5.74, 6) is 3.03. The minimum atomic E-state index is 0.0596. The van der Waals surface area contributed by atoms with Crippen LogP contribution in [0.4, 0.5) is 5.82 Å². The number of hydrogen-bond acceptors (Lipinski definition) is 5. The summed E-state index contributed by atoms with van der Waals surface area (Å²) >= 11 is 0. The Balaban J connectivity index is 1.42. The first-order valence-electron chi connectivity index (χ1n) is 11.2. The number of amides is 1. The Morgan fingerprint density at radius 2 is 1.78 bits per heavy atom. The molecule has 0 saturated carbocycles. The lowest BCUT2D eigenvalue weighted by Gasteiger charge is -2.35. The topological polar surface area (TPSA) is 54.9 Å². The van der Waals surface area contributed by atoms with Crippen molar-refractivity contribution in [1.29, 1.82) is 0 Å². The molecule has 0 spiro atoms. The number of nitrogens with zero attached hydrogens (tertiary/aromatic N) is 3. The van der Waals surface area contributed by atoms with Gasteiger partial charge in [-0.3, -0.25) is 4.79 Å². The number of ether oxygens (including phenoxy) is 2. The highest BCUT2D eigenvalue weighted by Gasteiger charge is 2.23. The van der Waals surface area contributed by atoms with E-state index < -0.39 is 0 Å². The van der Waals surface area contributed by atoms with Crippen LogP contribution >= 0.6 is 0 Å². The van der Waals surface area contributed by atoms with Crippen LogP contribution in [0.3, 0.4) is 0 Å². The first-order chi connectivity index (χ1) is 15.5. The summed E-state index contributed by atoms with van der Waals surface area (Å²) in [4.78, 5) is 22.0. The minimum absolute atomic E-state index is 0.0596. The third-order valence-corrected chi connectivity index (χ3v) is 5.79. The van der Waals surface area contributed by atoms with Crippen molar-refractivity contribution in [3.8, 4) is 11.5 Å². The zero-order valence-corrected chi connectivity index (χ0v) is 19.3. The fourth-order valence-corrected chi connectivity index (χ4v) is 3.98. The molecular weight excluding hydrogens is 402 g/mol. The number of methoxy groups -OCH3 is 1. The molecule has 0 bridgehead atoms. The highest BCUT2D eigenvalue weighted by molar-refractivity contribution is 5.94. The van der Waals surface area contributed by atoms with Crippen LogP contribution in [0.1, 0.15) is 29.8 Å². The summed E-state index contributed by atoms with van der Waals surface area (Å²) in [5.41, 5.74) is 2.74. The van der Waals surface area contributed by atoms with Crippen LogP contribution in [0.5, 0.6) is 11.5 Å². The summed E-state index contributed by atoms with van der Waals surface area (Å²) in [6.45, 7) is 9.81. The Labute approximate surface area is 189 Å². The molecule has 6 nitrogen and oxygen atoms in total. The normalized spacial score (nSPS) is 14.2. The summed E-state index contributed by atoms with van der Waals surface area (Å²) in [6, 6.07) is 15.6. The molecule has 2 heterocycles. The first-order valence-corrected chi connectivity index (χ1v) is 11.2. The van der Waals surface area contributed by atoms with E-state index in [1.54, 1.807) is 7.11 Å². The molecule has 4 rings (SSSR count). The third kappa shape index (κ3) is 4.64. The van der Waals surface area contributed by atoms with E-state index in [9.17, 15) is 4.79 Å². The van der Waals surface area contributed by atoms with Crippen LogP contribution in [0, 0.1) is 12.8 Å². The second-order valence-electron chi connectivity index (χ2n) is 8.66. The number of benzene rings is 2. The maximum Gasteiger partial charge on any atom is 0.253 e. The average molecular weight is 434 g/mol. The molecule has 1 amide bonds. The number of carbonyl (C=O) groups excluding carboxylic acids is 1. The molecule has 0 N–H and O–H groups in total. The van der Waals surface area contributed by atoms with Crippen molar-refractivity contribution in [1.82, 2.24) is 9.88 Å². The summed E-state index contributed by atoms with van der Waals surface area (Å²) in [6.07, 6.45) is 0. The minimum Gasteiger partial charge on any atom is -0.494 e. The molecule has 0 atom stereocenters.